The van der Waals surface area contributed by atoms with Crippen LogP contribution in [-0.4, -0.2) is 44.0 Å². The number of dihydropyridines is 1. The fourth-order valence-electron chi connectivity index (χ4n) is 4.18. The van der Waals surface area contributed by atoms with E-state index in [1.54, 1.807) is 39.0 Å². The topological polar surface area (TPSA) is 89.0 Å². The Hall–Kier alpha value is -2.64. The van der Waals surface area contributed by atoms with Crippen LogP contribution in [0, 0.1) is 0 Å². The standard InChI is InChI=1S/C25H32ClN3O4/c1-4-32-24(30)20-16(3)29-23(28-15-17-11-7-6-10-14-27-17)22(25(31)33-5-2)21(20)18-12-8-9-13-19(18)26/h8-9,12-13,15,17,21,27,29H,4-7,10-11,14H2,1-3H3. The third-order valence-corrected chi connectivity index (χ3v) is 6.08. The Morgan fingerprint density at radius 2 is 1.79 bits per heavy atom. The van der Waals surface area contributed by atoms with E-state index in [2.05, 4.69) is 15.6 Å². The second-order valence-corrected chi connectivity index (χ2v) is 8.42. The van der Waals surface area contributed by atoms with Crippen LogP contribution in [0.5, 0.6) is 0 Å². The molecule has 0 saturated carbocycles. The number of carbonyl (C=O) groups excluding carboxylic acids is 2. The minimum Gasteiger partial charge on any atom is -0.463 e. The normalized spacial score (nSPS) is 21.6. The molecule has 0 bridgehead atoms. The van der Waals surface area contributed by atoms with Gasteiger partial charge in [0.05, 0.1) is 30.3 Å². The highest BCUT2D eigenvalue weighted by molar-refractivity contribution is 6.31. The van der Waals surface area contributed by atoms with Crippen LogP contribution in [0.3, 0.4) is 0 Å². The number of esters is 2. The Morgan fingerprint density at radius 3 is 2.48 bits per heavy atom. The maximum Gasteiger partial charge on any atom is 0.338 e. The minimum absolute atomic E-state index is 0.111. The molecule has 1 aromatic rings. The van der Waals surface area contributed by atoms with Gasteiger partial charge in [-0.25, -0.2) is 14.6 Å². The van der Waals surface area contributed by atoms with Gasteiger partial charge in [0.25, 0.3) is 0 Å². The quantitative estimate of drug-likeness (QED) is 0.454. The largest absolute Gasteiger partial charge is 0.463 e. The van der Waals surface area contributed by atoms with E-state index in [0.29, 0.717) is 27.7 Å². The highest BCUT2D eigenvalue weighted by Gasteiger charge is 2.40. The maximum atomic E-state index is 13.2. The zero-order valence-corrected chi connectivity index (χ0v) is 20.2. The smallest absolute Gasteiger partial charge is 0.338 e. The SMILES string of the molecule is CCOC(=O)C1=C(C)NC(N=CC2CCCCCN2)=C(C(=O)OCC)C1c1ccccc1Cl. The number of aliphatic imine (C=N–C) groups is 1. The highest BCUT2D eigenvalue weighted by Crippen LogP contribution is 2.42. The summed E-state index contributed by atoms with van der Waals surface area (Å²) >= 11 is 6.55. The Morgan fingerprint density at radius 1 is 1.09 bits per heavy atom. The lowest BCUT2D eigenvalue weighted by Gasteiger charge is -2.30. The molecule has 1 aromatic carbocycles. The molecule has 8 heteroatoms. The molecule has 0 amide bonds. The predicted octanol–water partition coefficient (Wildman–Crippen LogP) is 4.24. The molecule has 2 unspecified atom stereocenters. The van der Waals surface area contributed by atoms with Crippen LogP contribution in [-0.2, 0) is 19.1 Å². The van der Waals surface area contributed by atoms with Crippen molar-refractivity contribution in [1.82, 2.24) is 10.6 Å². The van der Waals surface area contributed by atoms with Crippen LogP contribution in [0.1, 0.15) is 57.9 Å². The van der Waals surface area contributed by atoms with Crippen LogP contribution in [0.2, 0.25) is 5.02 Å². The summed E-state index contributed by atoms with van der Waals surface area (Å²) in [6.07, 6.45) is 6.25. The Labute approximate surface area is 200 Å². The highest BCUT2D eigenvalue weighted by atomic mass is 35.5. The van der Waals surface area contributed by atoms with Crippen LogP contribution in [0.4, 0.5) is 0 Å². The number of halogens is 1. The fourth-order valence-corrected chi connectivity index (χ4v) is 4.43. The first kappa shape index (κ1) is 25.0. The average molecular weight is 474 g/mol. The number of hydrogen-bond acceptors (Lipinski definition) is 7. The molecule has 7 nitrogen and oxygen atoms in total. The predicted molar refractivity (Wildman–Crippen MR) is 129 cm³/mol. The van der Waals surface area contributed by atoms with Gasteiger partial charge in [-0.05, 0) is 51.8 Å². The van der Waals surface area contributed by atoms with E-state index in [1.165, 1.54) is 6.42 Å². The summed E-state index contributed by atoms with van der Waals surface area (Å²) in [7, 11) is 0. The van der Waals surface area contributed by atoms with Gasteiger partial charge >= 0.3 is 11.9 Å². The summed E-state index contributed by atoms with van der Waals surface area (Å²) < 4.78 is 10.7. The molecule has 1 fully saturated rings. The molecule has 178 valence electrons. The summed E-state index contributed by atoms with van der Waals surface area (Å²) in [6, 6.07) is 7.27. The molecule has 0 aromatic heterocycles. The van der Waals surface area contributed by atoms with Crippen molar-refractivity contribution in [2.24, 2.45) is 4.99 Å². The van der Waals surface area contributed by atoms with Crippen molar-refractivity contribution in [2.45, 2.75) is 58.4 Å². The van der Waals surface area contributed by atoms with E-state index in [-0.39, 0.29) is 24.8 Å². The summed E-state index contributed by atoms with van der Waals surface area (Å²) in [4.78, 5) is 30.9. The third kappa shape index (κ3) is 6.03. The summed E-state index contributed by atoms with van der Waals surface area (Å²) in [5.41, 5.74) is 1.74. The monoisotopic (exact) mass is 473 g/mol. The molecule has 2 atom stereocenters. The Bertz CT molecular complexity index is 962. The number of benzene rings is 1. The first-order valence-corrected chi connectivity index (χ1v) is 11.9. The molecular weight excluding hydrogens is 442 g/mol. The van der Waals surface area contributed by atoms with Crippen LogP contribution in [0.15, 0.2) is 51.9 Å². The van der Waals surface area contributed by atoms with E-state index in [9.17, 15) is 9.59 Å². The number of rotatable bonds is 7. The van der Waals surface area contributed by atoms with Crippen LogP contribution >= 0.6 is 11.6 Å². The van der Waals surface area contributed by atoms with Crippen LogP contribution < -0.4 is 10.6 Å². The van der Waals surface area contributed by atoms with Crippen molar-refractivity contribution in [1.29, 1.82) is 0 Å². The number of allylic oxidation sites excluding steroid dienone is 1. The summed E-state index contributed by atoms with van der Waals surface area (Å²) in [5, 5.41) is 7.07. The third-order valence-electron chi connectivity index (χ3n) is 5.73. The zero-order valence-electron chi connectivity index (χ0n) is 19.4. The minimum atomic E-state index is -0.771. The molecule has 2 heterocycles. The number of nitrogens with zero attached hydrogens (tertiary/aromatic N) is 1. The number of carbonyl (C=O) groups is 2. The lowest BCUT2D eigenvalue weighted by molar-refractivity contribution is -0.139. The first-order valence-electron chi connectivity index (χ1n) is 11.6. The maximum absolute atomic E-state index is 13.2. The van der Waals surface area contributed by atoms with Crippen molar-refractivity contribution in [3.63, 3.8) is 0 Å². The number of ether oxygens (including phenoxy) is 2. The van der Waals surface area contributed by atoms with Gasteiger partial charge in [0.2, 0.25) is 0 Å². The lowest BCUT2D eigenvalue weighted by atomic mass is 9.81. The van der Waals surface area contributed by atoms with Gasteiger partial charge in [0, 0.05) is 23.0 Å². The van der Waals surface area contributed by atoms with Crippen molar-refractivity contribution in [3.05, 3.63) is 57.5 Å². The molecule has 0 spiro atoms. The van der Waals surface area contributed by atoms with Gasteiger partial charge < -0.3 is 20.1 Å². The van der Waals surface area contributed by atoms with Gasteiger partial charge in [0.15, 0.2) is 0 Å². The van der Waals surface area contributed by atoms with Gasteiger partial charge in [0.1, 0.15) is 5.82 Å². The molecule has 2 aliphatic rings. The Kier molecular flexibility index (Phi) is 9.09. The van der Waals surface area contributed by atoms with E-state index >= 15 is 0 Å². The second-order valence-electron chi connectivity index (χ2n) is 8.01. The second kappa shape index (κ2) is 12.0. The summed E-state index contributed by atoms with van der Waals surface area (Å²) in [5.74, 6) is -1.48. The van der Waals surface area contributed by atoms with Crippen LogP contribution in [0.25, 0.3) is 0 Å². The summed E-state index contributed by atoms with van der Waals surface area (Å²) in [6.45, 7) is 6.59. The molecule has 0 aliphatic carbocycles. The first-order chi connectivity index (χ1) is 16.0. The van der Waals surface area contributed by atoms with Crippen molar-refractivity contribution in [3.8, 4) is 0 Å². The number of hydrogen-bond donors (Lipinski definition) is 2. The fraction of sp³-hybridized carbons (Fsp3) is 0.480. The van der Waals surface area contributed by atoms with Crippen molar-refractivity contribution in [2.75, 3.05) is 19.8 Å². The molecule has 0 radical (unpaired) electrons. The van der Waals surface area contributed by atoms with Gasteiger partial charge in [-0.2, -0.15) is 0 Å². The van der Waals surface area contributed by atoms with Gasteiger partial charge in [-0.15, -0.1) is 0 Å². The molecular formula is C25H32ClN3O4. The number of nitrogens with one attached hydrogen (secondary N) is 2. The molecule has 2 aliphatic heterocycles. The molecule has 3 rings (SSSR count). The van der Waals surface area contributed by atoms with Gasteiger partial charge in [-0.1, -0.05) is 42.6 Å². The van der Waals surface area contributed by atoms with Crippen molar-refractivity contribution >= 4 is 29.8 Å². The van der Waals surface area contributed by atoms with E-state index in [0.717, 1.165) is 25.8 Å². The molecule has 1 saturated heterocycles. The van der Waals surface area contributed by atoms with Gasteiger partial charge in [-0.3, -0.25) is 0 Å². The average Bonchev–Trinajstić information content (AvgIpc) is 3.06. The van der Waals surface area contributed by atoms with E-state index in [4.69, 9.17) is 21.1 Å². The Balaban J connectivity index is 2.14. The molecule has 33 heavy (non-hydrogen) atoms. The van der Waals surface area contributed by atoms with Crippen molar-refractivity contribution < 1.29 is 19.1 Å². The van der Waals surface area contributed by atoms with E-state index in [1.807, 2.05) is 12.3 Å². The van der Waals surface area contributed by atoms with E-state index < -0.39 is 17.9 Å². The lowest BCUT2D eigenvalue weighted by Crippen LogP contribution is -2.34. The molecule has 2 N–H and O–H groups in total. The zero-order chi connectivity index (χ0) is 23.8.